The Balaban J connectivity index is 1.92. The van der Waals surface area contributed by atoms with Crippen LogP contribution in [-0.4, -0.2) is 30.7 Å². The Morgan fingerprint density at radius 1 is 1.22 bits per heavy atom. The molecular weight excluding hydrogens is 114 g/mol. The summed E-state index contributed by atoms with van der Waals surface area (Å²) in [6.45, 7) is 2.32. The zero-order valence-corrected chi connectivity index (χ0v) is 5.67. The van der Waals surface area contributed by atoms with Crippen LogP contribution in [0.25, 0.3) is 0 Å². The predicted octanol–water partition coefficient (Wildman–Crippen LogP) is 0.874. The SMILES string of the molecule is CN1CCC2(CC1)N=N2. The van der Waals surface area contributed by atoms with E-state index >= 15 is 0 Å². The summed E-state index contributed by atoms with van der Waals surface area (Å²) in [6.07, 6.45) is 2.28. The molecule has 1 spiro atoms. The largest absolute Gasteiger partial charge is 0.306 e. The lowest BCUT2D eigenvalue weighted by atomic mass is 10.0. The highest BCUT2D eigenvalue weighted by Gasteiger charge is 2.41. The minimum Gasteiger partial charge on any atom is -0.306 e. The van der Waals surface area contributed by atoms with Gasteiger partial charge in [0.05, 0.1) is 0 Å². The van der Waals surface area contributed by atoms with Gasteiger partial charge >= 0.3 is 0 Å². The van der Waals surface area contributed by atoms with Crippen molar-refractivity contribution in [1.29, 1.82) is 0 Å². The fraction of sp³-hybridized carbons (Fsp3) is 1.00. The van der Waals surface area contributed by atoms with Crippen LogP contribution in [0.5, 0.6) is 0 Å². The van der Waals surface area contributed by atoms with E-state index in [4.69, 9.17) is 0 Å². The number of likely N-dealkylation sites (tertiary alicyclic amines) is 1. The van der Waals surface area contributed by atoms with Crippen LogP contribution in [0, 0.1) is 0 Å². The van der Waals surface area contributed by atoms with Crippen molar-refractivity contribution in [2.24, 2.45) is 10.2 Å². The molecule has 3 nitrogen and oxygen atoms in total. The third-order valence-corrected chi connectivity index (χ3v) is 2.17. The van der Waals surface area contributed by atoms with Gasteiger partial charge in [0.25, 0.3) is 0 Å². The van der Waals surface area contributed by atoms with Crippen molar-refractivity contribution in [3.63, 3.8) is 0 Å². The lowest BCUT2D eigenvalue weighted by Gasteiger charge is -2.25. The second kappa shape index (κ2) is 1.53. The third kappa shape index (κ3) is 0.852. The lowest BCUT2D eigenvalue weighted by molar-refractivity contribution is 0.236. The van der Waals surface area contributed by atoms with Gasteiger partial charge in [-0.15, -0.1) is 0 Å². The molecule has 1 saturated heterocycles. The Morgan fingerprint density at radius 2 is 1.78 bits per heavy atom. The molecule has 0 amide bonds. The average Bonchev–Trinajstić information content (AvgIpc) is 2.60. The second-order valence-corrected chi connectivity index (χ2v) is 2.99. The zero-order chi connectivity index (χ0) is 6.32. The first kappa shape index (κ1) is 5.35. The predicted molar refractivity (Wildman–Crippen MR) is 34.3 cm³/mol. The molecule has 0 radical (unpaired) electrons. The van der Waals surface area contributed by atoms with Crippen molar-refractivity contribution in [3.05, 3.63) is 0 Å². The number of nitrogens with zero attached hydrogens (tertiary/aromatic N) is 3. The summed E-state index contributed by atoms with van der Waals surface area (Å²) < 4.78 is 0. The quantitative estimate of drug-likeness (QED) is 0.472. The van der Waals surface area contributed by atoms with E-state index in [-0.39, 0.29) is 5.66 Å². The normalized spacial score (nSPS) is 31.2. The highest BCUT2D eigenvalue weighted by molar-refractivity contribution is 4.96. The van der Waals surface area contributed by atoms with Crippen LogP contribution in [0.1, 0.15) is 12.8 Å². The van der Waals surface area contributed by atoms with E-state index in [1.807, 2.05) is 0 Å². The highest BCUT2D eigenvalue weighted by atomic mass is 15.4. The van der Waals surface area contributed by atoms with Crippen molar-refractivity contribution in [2.75, 3.05) is 20.1 Å². The van der Waals surface area contributed by atoms with Crippen molar-refractivity contribution in [3.8, 4) is 0 Å². The summed E-state index contributed by atoms with van der Waals surface area (Å²) in [6, 6.07) is 0. The van der Waals surface area contributed by atoms with E-state index in [1.54, 1.807) is 0 Å². The average molecular weight is 125 g/mol. The van der Waals surface area contributed by atoms with Crippen molar-refractivity contribution >= 4 is 0 Å². The molecule has 0 saturated carbocycles. The highest BCUT2D eigenvalue weighted by Crippen LogP contribution is 2.37. The lowest BCUT2D eigenvalue weighted by Crippen LogP contribution is -2.34. The monoisotopic (exact) mass is 125 g/mol. The van der Waals surface area contributed by atoms with E-state index in [0.29, 0.717) is 0 Å². The van der Waals surface area contributed by atoms with Crippen molar-refractivity contribution in [2.45, 2.75) is 18.5 Å². The first-order valence-electron chi connectivity index (χ1n) is 3.43. The summed E-state index contributed by atoms with van der Waals surface area (Å²) in [7, 11) is 2.15. The Labute approximate surface area is 54.8 Å². The van der Waals surface area contributed by atoms with Gasteiger partial charge in [-0.25, -0.2) is 0 Å². The van der Waals surface area contributed by atoms with Gasteiger partial charge in [0, 0.05) is 25.9 Å². The number of hydrogen-bond acceptors (Lipinski definition) is 3. The van der Waals surface area contributed by atoms with E-state index < -0.39 is 0 Å². The molecule has 0 aromatic carbocycles. The third-order valence-electron chi connectivity index (χ3n) is 2.17. The Bertz CT molecular complexity index is 136. The Kier molecular flexibility index (Phi) is 0.913. The van der Waals surface area contributed by atoms with Crippen LogP contribution in [-0.2, 0) is 0 Å². The van der Waals surface area contributed by atoms with Gasteiger partial charge in [0.1, 0.15) is 0 Å². The molecule has 0 aromatic heterocycles. The molecule has 9 heavy (non-hydrogen) atoms. The van der Waals surface area contributed by atoms with Crippen LogP contribution < -0.4 is 0 Å². The molecule has 2 rings (SSSR count). The van der Waals surface area contributed by atoms with E-state index in [0.717, 1.165) is 25.9 Å². The Hall–Kier alpha value is -0.440. The maximum Gasteiger partial charge on any atom is 0.193 e. The minimum atomic E-state index is 0.118. The molecule has 0 N–H and O–H groups in total. The zero-order valence-electron chi connectivity index (χ0n) is 5.67. The van der Waals surface area contributed by atoms with Crippen LogP contribution in [0.15, 0.2) is 10.2 Å². The first-order chi connectivity index (χ1) is 4.31. The fourth-order valence-electron chi connectivity index (χ4n) is 1.25. The molecule has 2 heterocycles. The summed E-state index contributed by atoms with van der Waals surface area (Å²) in [5.41, 5.74) is 0.118. The topological polar surface area (TPSA) is 28.0 Å². The Morgan fingerprint density at radius 3 is 2.22 bits per heavy atom. The molecule has 3 heteroatoms. The number of rotatable bonds is 0. The fourth-order valence-corrected chi connectivity index (χ4v) is 1.25. The minimum absolute atomic E-state index is 0.118. The summed E-state index contributed by atoms with van der Waals surface area (Å²) in [4.78, 5) is 2.33. The molecule has 2 aliphatic rings. The van der Waals surface area contributed by atoms with Gasteiger partial charge in [-0.1, -0.05) is 0 Å². The van der Waals surface area contributed by atoms with Crippen molar-refractivity contribution in [1.82, 2.24) is 4.90 Å². The molecule has 0 aromatic rings. The van der Waals surface area contributed by atoms with Crippen LogP contribution in [0.3, 0.4) is 0 Å². The van der Waals surface area contributed by atoms with Crippen LogP contribution in [0.4, 0.5) is 0 Å². The molecular formula is C6H11N3. The molecule has 50 valence electrons. The molecule has 0 aliphatic carbocycles. The summed E-state index contributed by atoms with van der Waals surface area (Å²) in [5, 5.41) is 8.05. The van der Waals surface area contributed by atoms with Crippen LogP contribution >= 0.6 is 0 Å². The molecule has 0 atom stereocenters. The van der Waals surface area contributed by atoms with E-state index in [1.165, 1.54) is 0 Å². The van der Waals surface area contributed by atoms with E-state index in [2.05, 4.69) is 22.2 Å². The van der Waals surface area contributed by atoms with Crippen LogP contribution in [0.2, 0.25) is 0 Å². The summed E-state index contributed by atoms with van der Waals surface area (Å²) in [5.74, 6) is 0. The molecule has 0 unspecified atom stereocenters. The van der Waals surface area contributed by atoms with Gasteiger partial charge in [0.2, 0.25) is 0 Å². The second-order valence-electron chi connectivity index (χ2n) is 2.99. The van der Waals surface area contributed by atoms with Gasteiger partial charge in [-0.3, -0.25) is 0 Å². The van der Waals surface area contributed by atoms with Gasteiger partial charge in [-0.2, -0.15) is 10.2 Å². The van der Waals surface area contributed by atoms with Crippen molar-refractivity contribution < 1.29 is 0 Å². The molecule has 2 aliphatic heterocycles. The number of hydrogen-bond donors (Lipinski definition) is 0. The maximum atomic E-state index is 4.03. The van der Waals surface area contributed by atoms with E-state index in [9.17, 15) is 0 Å². The number of piperidine rings is 1. The van der Waals surface area contributed by atoms with Gasteiger partial charge in [0.15, 0.2) is 5.66 Å². The maximum absolute atomic E-state index is 4.03. The molecule has 0 bridgehead atoms. The van der Waals surface area contributed by atoms with Gasteiger partial charge < -0.3 is 4.90 Å². The smallest absolute Gasteiger partial charge is 0.193 e. The molecule has 1 fully saturated rings. The van der Waals surface area contributed by atoms with Gasteiger partial charge in [-0.05, 0) is 7.05 Å². The first-order valence-corrected chi connectivity index (χ1v) is 3.43. The standard InChI is InChI=1S/C6H11N3/c1-9-4-2-6(3-5-9)7-8-6/h2-5H2,1H3. The summed E-state index contributed by atoms with van der Waals surface area (Å²) >= 11 is 0.